The molecular formula is C20H29N5O3. The Bertz CT molecular complexity index is 846. The summed E-state index contributed by atoms with van der Waals surface area (Å²) in [5, 5.41) is 0. The van der Waals surface area contributed by atoms with Gasteiger partial charge in [-0.15, -0.1) is 0 Å². The number of hydrogen-bond acceptors (Lipinski definition) is 6. The van der Waals surface area contributed by atoms with Gasteiger partial charge in [0, 0.05) is 26.2 Å². The lowest BCUT2D eigenvalue weighted by Gasteiger charge is -2.28. The third-order valence-corrected chi connectivity index (χ3v) is 5.67. The number of hydrazine groups is 1. The number of likely N-dealkylation sites (N-methyl/N-ethyl adjacent to an activating group) is 1. The van der Waals surface area contributed by atoms with Crippen molar-refractivity contribution in [1.82, 2.24) is 25.3 Å². The minimum atomic E-state index is -0.238. The summed E-state index contributed by atoms with van der Waals surface area (Å²) in [6.45, 7) is 7.30. The molecule has 3 heterocycles. The first-order chi connectivity index (χ1) is 13.5. The van der Waals surface area contributed by atoms with Gasteiger partial charge in [0.05, 0.1) is 43.3 Å². The highest BCUT2D eigenvalue weighted by Crippen LogP contribution is 2.20. The zero-order valence-corrected chi connectivity index (χ0v) is 16.8. The van der Waals surface area contributed by atoms with Crippen LogP contribution in [-0.2, 0) is 20.8 Å². The molecule has 0 bridgehead atoms. The van der Waals surface area contributed by atoms with Gasteiger partial charge in [0.25, 0.3) is 0 Å². The second kappa shape index (κ2) is 8.16. The molecule has 4 rings (SSSR count). The molecule has 2 aromatic rings. The SMILES string of the molecule is Cc1cc2ncn(CC3CC(C(=O)N(C)CC4COCCO4)NN3)c2cc1C. The first-order valence-electron chi connectivity index (χ1n) is 9.88. The lowest BCUT2D eigenvalue weighted by molar-refractivity contribution is -0.138. The number of benzene rings is 1. The Morgan fingerprint density at radius 1 is 1.29 bits per heavy atom. The Hall–Kier alpha value is -2.00. The van der Waals surface area contributed by atoms with Crippen molar-refractivity contribution in [2.45, 2.75) is 45.0 Å². The lowest BCUT2D eigenvalue weighted by atomic mass is 10.1. The quantitative estimate of drug-likeness (QED) is 0.789. The van der Waals surface area contributed by atoms with E-state index in [0.29, 0.717) is 26.4 Å². The van der Waals surface area contributed by atoms with Gasteiger partial charge in [-0.2, -0.15) is 0 Å². The molecule has 1 amide bonds. The zero-order valence-electron chi connectivity index (χ0n) is 16.8. The van der Waals surface area contributed by atoms with Crippen LogP contribution in [0.25, 0.3) is 11.0 Å². The van der Waals surface area contributed by atoms with Crippen molar-refractivity contribution in [3.05, 3.63) is 29.6 Å². The third kappa shape index (κ3) is 4.05. The molecule has 3 atom stereocenters. The minimum Gasteiger partial charge on any atom is -0.376 e. The summed E-state index contributed by atoms with van der Waals surface area (Å²) in [4.78, 5) is 19.0. The van der Waals surface area contributed by atoms with E-state index < -0.39 is 0 Å². The molecule has 152 valence electrons. The zero-order chi connectivity index (χ0) is 19.7. The van der Waals surface area contributed by atoms with Gasteiger partial charge in [0.15, 0.2) is 0 Å². The van der Waals surface area contributed by atoms with E-state index in [0.717, 1.165) is 24.0 Å². The van der Waals surface area contributed by atoms with Crippen molar-refractivity contribution in [1.29, 1.82) is 0 Å². The molecule has 2 fully saturated rings. The molecule has 0 spiro atoms. The van der Waals surface area contributed by atoms with Crippen LogP contribution in [0.1, 0.15) is 17.5 Å². The van der Waals surface area contributed by atoms with Crippen LogP contribution >= 0.6 is 0 Å². The number of nitrogens with zero attached hydrogens (tertiary/aromatic N) is 3. The van der Waals surface area contributed by atoms with Crippen LogP contribution in [0.2, 0.25) is 0 Å². The molecule has 8 nitrogen and oxygen atoms in total. The monoisotopic (exact) mass is 387 g/mol. The molecule has 2 N–H and O–H groups in total. The number of rotatable bonds is 5. The van der Waals surface area contributed by atoms with Crippen LogP contribution in [0.4, 0.5) is 0 Å². The normalized spacial score (nSPS) is 25.3. The average Bonchev–Trinajstić information content (AvgIpc) is 3.30. The highest BCUT2D eigenvalue weighted by atomic mass is 16.6. The largest absolute Gasteiger partial charge is 0.376 e. The van der Waals surface area contributed by atoms with E-state index in [9.17, 15) is 4.79 Å². The molecule has 1 aromatic carbocycles. The predicted molar refractivity (Wildman–Crippen MR) is 106 cm³/mol. The summed E-state index contributed by atoms with van der Waals surface area (Å²) in [5.74, 6) is 0.0751. The van der Waals surface area contributed by atoms with Crippen molar-refractivity contribution in [3.63, 3.8) is 0 Å². The maximum absolute atomic E-state index is 12.8. The van der Waals surface area contributed by atoms with E-state index in [1.54, 1.807) is 4.90 Å². The van der Waals surface area contributed by atoms with Crippen molar-refractivity contribution >= 4 is 16.9 Å². The van der Waals surface area contributed by atoms with Crippen LogP contribution in [-0.4, -0.2) is 72.0 Å². The molecule has 2 aliphatic rings. The summed E-state index contributed by atoms with van der Waals surface area (Å²) in [6.07, 6.45) is 2.57. The van der Waals surface area contributed by atoms with E-state index in [-0.39, 0.29) is 24.1 Å². The lowest BCUT2D eigenvalue weighted by Crippen LogP contribution is -2.48. The average molecular weight is 387 g/mol. The third-order valence-electron chi connectivity index (χ3n) is 5.67. The van der Waals surface area contributed by atoms with Gasteiger partial charge in [-0.25, -0.2) is 10.4 Å². The highest BCUT2D eigenvalue weighted by Gasteiger charge is 2.32. The number of nitrogens with one attached hydrogen (secondary N) is 2. The van der Waals surface area contributed by atoms with E-state index >= 15 is 0 Å². The molecular weight excluding hydrogens is 358 g/mol. The highest BCUT2D eigenvalue weighted by molar-refractivity contribution is 5.82. The second-order valence-corrected chi connectivity index (χ2v) is 7.88. The Morgan fingerprint density at radius 2 is 2.11 bits per heavy atom. The fourth-order valence-corrected chi connectivity index (χ4v) is 3.90. The topological polar surface area (TPSA) is 80.7 Å². The van der Waals surface area contributed by atoms with Gasteiger partial charge in [0.1, 0.15) is 6.04 Å². The first kappa shape index (κ1) is 19.3. The second-order valence-electron chi connectivity index (χ2n) is 7.88. The number of imidazole rings is 1. The first-order valence-corrected chi connectivity index (χ1v) is 9.88. The molecule has 0 aliphatic carbocycles. The Balaban J connectivity index is 1.35. The number of carbonyl (C=O) groups is 1. The number of aromatic nitrogens is 2. The number of carbonyl (C=O) groups excluding carboxylic acids is 1. The standard InChI is InChI=1S/C20H29N5O3/c1-13-6-17-19(7-14(13)2)25(12-21-17)9-15-8-18(23-22-15)20(26)24(3)10-16-11-27-4-5-28-16/h6-7,12,15-16,18,22-23H,4-5,8-11H2,1-3H3. The smallest absolute Gasteiger partial charge is 0.240 e. The van der Waals surface area contributed by atoms with Crippen LogP contribution in [0, 0.1) is 13.8 Å². The molecule has 28 heavy (non-hydrogen) atoms. The van der Waals surface area contributed by atoms with Crippen molar-refractivity contribution < 1.29 is 14.3 Å². The van der Waals surface area contributed by atoms with E-state index in [1.165, 1.54) is 11.1 Å². The van der Waals surface area contributed by atoms with E-state index in [4.69, 9.17) is 9.47 Å². The number of hydrogen-bond donors (Lipinski definition) is 2. The summed E-state index contributed by atoms with van der Waals surface area (Å²) >= 11 is 0. The van der Waals surface area contributed by atoms with Gasteiger partial charge in [-0.05, 0) is 43.5 Å². The Labute approximate surface area is 165 Å². The van der Waals surface area contributed by atoms with Crippen molar-refractivity contribution in [3.8, 4) is 0 Å². The molecule has 2 aliphatic heterocycles. The van der Waals surface area contributed by atoms with Gasteiger partial charge in [0.2, 0.25) is 5.91 Å². The number of ether oxygens (including phenoxy) is 2. The van der Waals surface area contributed by atoms with Gasteiger partial charge in [-0.1, -0.05) is 0 Å². The summed E-state index contributed by atoms with van der Waals surface area (Å²) in [6, 6.07) is 4.23. The van der Waals surface area contributed by atoms with Gasteiger partial charge >= 0.3 is 0 Å². The molecule has 8 heteroatoms. The number of amides is 1. The van der Waals surface area contributed by atoms with Crippen molar-refractivity contribution in [2.75, 3.05) is 33.4 Å². The van der Waals surface area contributed by atoms with Crippen LogP contribution in [0.5, 0.6) is 0 Å². The van der Waals surface area contributed by atoms with E-state index in [1.807, 2.05) is 13.4 Å². The van der Waals surface area contributed by atoms with Crippen LogP contribution < -0.4 is 10.9 Å². The van der Waals surface area contributed by atoms with Crippen molar-refractivity contribution in [2.24, 2.45) is 0 Å². The Kier molecular flexibility index (Phi) is 5.63. The minimum absolute atomic E-state index is 0.0446. The molecule has 0 saturated carbocycles. The fourth-order valence-electron chi connectivity index (χ4n) is 3.90. The predicted octanol–water partition coefficient (Wildman–Crippen LogP) is 0.762. The number of fused-ring (bicyclic) bond motifs is 1. The maximum atomic E-state index is 12.8. The molecule has 0 radical (unpaired) electrons. The van der Waals surface area contributed by atoms with Gasteiger partial charge < -0.3 is 18.9 Å². The molecule has 2 saturated heterocycles. The summed E-state index contributed by atoms with van der Waals surface area (Å²) in [7, 11) is 1.82. The molecule has 1 aromatic heterocycles. The summed E-state index contributed by atoms with van der Waals surface area (Å²) in [5.41, 5.74) is 11.1. The summed E-state index contributed by atoms with van der Waals surface area (Å²) < 4.78 is 13.2. The molecule has 3 unspecified atom stereocenters. The van der Waals surface area contributed by atoms with E-state index in [2.05, 4.69) is 46.4 Å². The Morgan fingerprint density at radius 3 is 2.89 bits per heavy atom. The maximum Gasteiger partial charge on any atom is 0.240 e. The van der Waals surface area contributed by atoms with Crippen LogP contribution in [0.15, 0.2) is 18.5 Å². The van der Waals surface area contributed by atoms with Gasteiger partial charge in [-0.3, -0.25) is 10.2 Å². The van der Waals surface area contributed by atoms with Crippen LogP contribution in [0.3, 0.4) is 0 Å². The fraction of sp³-hybridized carbons (Fsp3) is 0.600. The number of aryl methyl sites for hydroxylation is 2.